The number of anilines is 2. The fourth-order valence-electron chi connectivity index (χ4n) is 4.98. The monoisotopic (exact) mass is 520 g/mol. The molecule has 1 fully saturated rings. The minimum absolute atomic E-state index is 0.0403. The van der Waals surface area contributed by atoms with Gasteiger partial charge in [-0.25, -0.2) is 9.55 Å². The maximum atomic E-state index is 12.9. The highest BCUT2D eigenvalue weighted by Crippen LogP contribution is 2.29. The Morgan fingerprint density at radius 3 is 2.65 bits per heavy atom. The summed E-state index contributed by atoms with van der Waals surface area (Å²) in [7, 11) is 1.68. The maximum absolute atomic E-state index is 12.9. The zero-order valence-electron chi connectivity index (χ0n) is 21.0. The predicted octanol–water partition coefficient (Wildman–Crippen LogP) is 3.32. The van der Waals surface area contributed by atoms with E-state index >= 15 is 0 Å². The topological polar surface area (TPSA) is 91.7 Å². The number of fused-ring (bicyclic) bond motifs is 3. The molecule has 10 heteroatoms. The van der Waals surface area contributed by atoms with E-state index in [9.17, 15) is 9.59 Å². The Morgan fingerprint density at radius 2 is 1.89 bits per heavy atom. The number of para-hydroxylation sites is 1. The highest BCUT2D eigenvalue weighted by Gasteiger charge is 2.32. The summed E-state index contributed by atoms with van der Waals surface area (Å²) in [6.07, 6.45) is 1.58. The van der Waals surface area contributed by atoms with Crippen LogP contribution in [-0.2, 0) is 4.79 Å². The predicted molar refractivity (Wildman–Crippen MR) is 147 cm³/mol. The molecular formula is C27H32N6O3S. The van der Waals surface area contributed by atoms with Gasteiger partial charge in [0.05, 0.1) is 12.6 Å². The molecule has 2 aliphatic rings. The molecule has 1 aromatic heterocycles. The van der Waals surface area contributed by atoms with E-state index in [0.29, 0.717) is 18.8 Å². The molecule has 2 aliphatic heterocycles. The van der Waals surface area contributed by atoms with Crippen LogP contribution in [-0.4, -0.2) is 78.7 Å². The van der Waals surface area contributed by atoms with E-state index < -0.39 is 6.04 Å². The van der Waals surface area contributed by atoms with Gasteiger partial charge in [-0.05, 0) is 68.0 Å². The number of amides is 1. The zero-order chi connectivity index (χ0) is 25.8. The van der Waals surface area contributed by atoms with Gasteiger partial charge in [-0.15, -0.1) is 0 Å². The third-order valence-corrected chi connectivity index (χ3v) is 7.34. The second-order valence-electron chi connectivity index (χ2n) is 9.40. The van der Waals surface area contributed by atoms with Crippen molar-refractivity contribution < 1.29 is 14.3 Å². The molecule has 1 atom stereocenters. The first-order chi connectivity index (χ1) is 18.0. The maximum Gasteiger partial charge on any atom is 0.257 e. The van der Waals surface area contributed by atoms with Crippen molar-refractivity contribution in [2.75, 3.05) is 56.6 Å². The summed E-state index contributed by atoms with van der Waals surface area (Å²) in [6, 6.07) is 15.3. The third-order valence-electron chi connectivity index (χ3n) is 7.06. The Labute approximate surface area is 221 Å². The quantitative estimate of drug-likeness (QED) is 0.328. The SMILES string of the molecule is COc1ccc(N2CCN(CCCNC(=O)CC[C@@H]3Nc4c5ccccc5nc(=S)n4C3=O)CC2)cc1. The number of benzene rings is 2. The first-order valence-electron chi connectivity index (χ1n) is 12.7. The standard InChI is InChI=1S/C27H32N6O3S/c1-36-20-9-7-19(8-10-20)32-17-15-31(16-18-32)14-4-13-28-24(34)12-11-23-26(35)33-25(29-23)21-5-2-3-6-22(21)30-27(33)37/h2-3,5-10,23,29H,4,11-18H2,1H3,(H,28,34)/t23-/m0/s1. The molecule has 0 spiro atoms. The van der Waals surface area contributed by atoms with Crippen molar-refractivity contribution in [1.82, 2.24) is 19.8 Å². The second-order valence-corrected chi connectivity index (χ2v) is 9.76. The lowest BCUT2D eigenvalue weighted by atomic mass is 10.1. The molecule has 2 N–H and O–H groups in total. The molecule has 9 nitrogen and oxygen atoms in total. The van der Waals surface area contributed by atoms with Crippen molar-refractivity contribution >= 4 is 46.4 Å². The first-order valence-corrected chi connectivity index (χ1v) is 13.1. The lowest BCUT2D eigenvalue weighted by molar-refractivity contribution is -0.121. The Hall–Kier alpha value is -3.50. The highest BCUT2D eigenvalue weighted by molar-refractivity contribution is 7.71. The van der Waals surface area contributed by atoms with Crippen molar-refractivity contribution in [2.45, 2.75) is 25.3 Å². The summed E-state index contributed by atoms with van der Waals surface area (Å²) >= 11 is 5.34. The highest BCUT2D eigenvalue weighted by atomic mass is 32.1. The van der Waals surface area contributed by atoms with Crippen LogP contribution in [0.15, 0.2) is 48.5 Å². The number of nitrogens with one attached hydrogen (secondary N) is 2. The van der Waals surface area contributed by atoms with Crippen LogP contribution < -0.4 is 20.3 Å². The van der Waals surface area contributed by atoms with Gasteiger partial charge in [-0.2, -0.15) is 0 Å². The molecule has 3 aromatic rings. The molecule has 3 heterocycles. The molecule has 0 unspecified atom stereocenters. The van der Waals surface area contributed by atoms with E-state index in [1.54, 1.807) is 7.11 Å². The van der Waals surface area contributed by atoms with E-state index in [4.69, 9.17) is 17.0 Å². The minimum Gasteiger partial charge on any atom is -0.497 e. The number of piperazine rings is 1. The fourth-order valence-corrected chi connectivity index (χ4v) is 5.26. The van der Waals surface area contributed by atoms with Gasteiger partial charge in [0, 0.05) is 50.2 Å². The molecule has 194 valence electrons. The number of carbonyl (C=O) groups excluding carboxylic acids is 2. The van der Waals surface area contributed by atoms with Crippen LogP contribution in [0.3, 0.4) is 0 Å². The summed E-state index contributed by atoms with van der Waals surface area (Å²) in [5, 5.41) is 7.11. The Bertz CT molecular complexity index is 1330. The van der Waals surface area contributed by atoms with Gasteiger partial charge in [-0.3, -0.25) is 14.5 Å². The molecule has 0 saturated carbocycles. The van der Waals surface area contributed by atoms with Gasteiger partial charge >= 0.3 is 0 Å². The van der Waals surface area contributed by atoms with Crippen molar-refractivity contribution in [3.8, 4) is 5.75 Å². The second kappa shape index (κ2) is 11.3. The van der Waals surface area contributed by atoms with Crippen LogP contribution in [0.5, 0.6) is 5.75 Å². The van der Waals surface area contributed by atoms with Crippen LogP contribution in [0.25, 0.3) is 10.9 Å². The van der Waals surface area contributed by atoms with Crippen LogP contribution in [0.2, 0.25) is 0 Å². The zero-order valence-corrected chi connectivity index (χ0v) is 21.8. The number of ether oxygens (including phenoxy) is 1. The van der Waals surface area contributed by atoms with E-state index in [0.717, 1.165) is 55.8 Å². The van der Waals surface area contributed by atoms with Gasteiger partial charge in [0.15, 0.2) is 0 Å². The average molecular weight is 521 g/mol. The Morgan fingerprint density at radius 1 is 1.14 bits per heavy atom. The molecule has 5 rings (SSSR count). The minimum atomic E-state index is -0.484. The molecule has 0 aliphatic carbocycles. The molecule has 1 saturated heterocycles. The summed E-state index contributed by atoms with van der Waals surface area (Å²) in [4.78, 5) is 34.5. The van der Waals surface area contributed by atoms with Crippen molar-refractivity contribution in [2.24, 2.45) is 0 Å². The average Bonchev–Trinajstić information content (AvgIpc) is 3.27. The summed E-state index contributed by atoms with van der Waals surface area (Å²) < 4.78 is 6.93. The summed E-state index contributed by atoms with van der Waals surface area (Å²) in [6.45, 7) is 5.55. The first kappa shape index (κ1) is 25.2. The number of hydrogen-bond donors (Lipinski definition) is 2. The Kier molecular flexibility index (Phi) is 7.66. The molecule has 1 amide bonds. The van der Waals surface area contributed by atoms with Gasteiger partial charge in [0.25, 0.3) is 5.91 Å². The summed E-state index contributed by atoms with van der Waals surface area (Å²) in [5.41, 5.74) is 1.97. The lowest BCUT2D eigenvalue weighted by Gasteiger charge is -2.36. The number of hydrogen-bond acceptors (Lipinski definition) is 8. The van der Waals surface area contributed by atoms with E-state index in [2.05, 4.69) is 37.6 Å². The molecule has 37 heavy (non-hydrogen) atoms. The van der Waals surface area contributed by atoms with E-state index in [1.165, 1.54) is 10.3 Å². The van der Waals surface area contributed by atoms with E-state index in [-0.39, 0.29) is 23.0 Å². The van der Waals surface area contributed by atoms with Crippen LogP contribution >= 0.6 is 12.2 Å². The third kappa shape index (κ3) is 5.60. The van der Waals surface area contributed by atoms with Gasteiger partial charge < -0.3 is 20.3 Å². The molecule has 2 aromatic carbocycles. The van der Waals surface area contributed by atoms with Crippen LogP contribution in [0, 0.1) is 4.77 Å². The normalized spacial score (nSPS) is 17.5. The molecule has 0 radical (unpaired) electrons. The van der Waals surface area contributed by atoms with Crippen LogP contribution in [0.4, 0.5) is 11.5 Å². The van der Waals surface area contributed by atoms with Crippen molar-refractivity contribution in [1.29, 1.82) is 0 Å². The number of methoxy groups -OCH3 is 1. The van der Waals surface area contributed by atoms with Crippen molar-refractivity contribution in [3.05, 3.63) is 53.3 Å². The van der Waals surface area contributed by atoms with Gasteiger partial charge in [-0.1, -0.05) is 12.1 Å². The largest absolute Gasteiger partial charge is 0.497 e. The van der Waals surface area contributed by atoms with E-state index in [1.807, 2.05) is 36.4 Å². The number of carbonyl (C=O) groups is 2. The smallest absolute Gasteiger partial charge is 0.257 e. The fraction of sp³-hybridized carbons (Fsp3) is 0.407. The van der Waals surface area contributed by atoms with Gasteiger partial charge in [0.2, 0.25) is 10.7 Å². The number of nitrogens with zero attached hydrogens (tertiary/aromatic N) is 4. The summed E-state index contributed by atoms with van der Waals surface area (Å²) in [5.74, 6) is 1.34. The molecular weight excluding hydrogens is 488 g/mol. The van der Waals surface area contributed by atoms with Crippen molar-refractivity contribution in [3.63, 3.8) is 0 Å². The lowest BCUT2D eigenvalue weighted by Crippen LogP contribution is -2.47. The Balaban J connectivity index is 1.01. The van der Waals surface area contributed by atoms with Crippen LogP contribution in [0.1, 0.15) is 24.1 Å². The number of rotatable bonds is 9. The number of aromatic nitrogens is 2. The molecule has 0 bridgehead atoms. The van der Waals surface area contributed by atoms with Gasteiger partial charge in [0.1, 0.15) is 17.6 Å².